The smallest absolute Gasteiger partial charge is 0.372 e. The van der Waals surface area contributed by atoms with E-state index in [0.717, 1.165) is 6.42 Å². The Morgan fingerprint density at radius 2 is 1.65 bits per heavy atom. The molecule has 6 heteroatoms. The van der Waals surface area contributed by atoms with Gasteiger partial charge in [0.2, 0.25) is 0 Å². The molecule has 0 aromatic heterocycles. The third-order valence-electron chi connectivity index (χ3n) is 2.45. The Bertz CT molecular complexity index is 203. The zero-order chi connectivity index (χ0) is 13.5. The summed E-state index contributed by atoms with van der Waals surface area (Å²) in [7, 11) is 0. The molecule has 0 saturated heterocycles. The van der Waals surface area contributed by atoms with Crippen molar-refractivity contribution in [2.24, 2.45) is 11.3 Å². The van der Waals surface area contributed by atoms with E-state index < -0.39 is 12.8 Å². The second-order valence-electron chi connectivity index (χ2n) is 4.78. The van der Waals surface area contributed by atoms with E-state index in [-0.39, 0.29) is 12.0 Å². The van der Waals surface area contributed by atoms with E-state index in [4.69, 9.17) is 23.2 Å². The Kier molecular flexibility index (Phi) is 7.85. The van der Waals surface area contributed by atoms with Crippen LogP contribution in [-0.2, 0) is 4.74 Å². The van der Waals surface area contributed by atoms with Crippen LogP contribution < -0.4 is 0 Å². The molecular weight excluding hydrogens is 276 g/mol. The van der Waals surface area contributed by atoms with E-state index in [9.17, 15) is 13.2 Å². The lowest BCUT2D eigenvalue weighted by Gasteiger charge is -2.31. The average Bonchev–Trinajstić information content (AvgIpc) is 2.21. The minimum atomic E-state index is -4.28. The number of ether oxygens (including phenoxy) is 1. The van der Waals surface area contributed by atoms with Crippen LogP contribution in [0.5, 0.6) is 0 Å². The molecule has 0 amide bonds. The van der Waals surface area contributed by atoms with E-state index in [1.165, 1.54) is 0 Å². The first kappa shape index (κ1) is 17.3. The molecule has 0 bridgehead atoms. The van der Waals surface area contributed by atoms with Gasteiger partial charge in [-0.05, 0) is 24.2 Å². The molecule has 0 spiro atoms. The van der Waals surface area contributed by atoms with Gasteiger partial charge in [-0.15, -0.1) is 23.2 Å². The van der Waals surface area contributed by atoms with Crippen LogP contribution in [0.15, 0.2) is 0 Å². The highest BCUT2D eigenvalue weighted by Gasteiger charge is 2.31. The molecule has 0 radical (unpaired) electrons. The summed E-state index contributed by atoms with van der Waals surface area (Å²) in [5.74, 6) is 1.07. The van der Waals surface area contributed by atoms with Crippen molar-refractivity contribution in [2.45, 2.75) is 32.9 Å². The molecule has 0 unspecified atom stereocenters. The lowest BCUT2D eigenvalue weighted by atomic mass is 9.81. The molecule has 0 saturated carbocycles. The zero-order valence-electron chi connectivity index (χ0n) is 10.1. The van der Waals surface area contributed by atoms with E-state index >= 15 is 0 Å². The molecule has 0 aromatic rings. The molecule has 0 aliphatic carbocycles. The van der Waals surface area contributed by atoms with Crippen molar-refractivity contribution in [2.75, 3.05) is 25.0 Å². The topological polar surface area (TPSA) is 9.23 Å². The zero-order valence-corrected chi connectivity index (χ0v) is 11.6. The summed E-state index contributed by atoms with van der Waals surface area (Å²) in [6.45, 7) is 2.88. The van der Waals surface area contributed by atoms with Gasteiger partial charge >= 0.3 is 6.18 Å². The summed E-state index contributed by atoms with van der Waals surface area (Å²) in [6, 6.07) is 0. The number of hydrogen-bond acceptors (Lipinski definition) is 1. The molecule has 17 heavy (non-hydrogen) atoms. The highest BCUT2D eigenvalue weighted by Crippen LogP contribution is 2.33. The summed E-state index contributed by atoms with van der Waals surface area (Å²) in [4.78, 5) is 0. The summed E-state index contributed by atoms with van der Waals surface area (Å²) in [5, 5.41) is 0. The van der Waals surface area contributed by atoms with Gasteiger partial charge in [0.15, 0.2) is 0 Å². The van der Waals surface area contributed by atoms with Gasteiger partial charge in [-0.3, -0.25) is 0 Å². The maximum absolute atomic E-state index is 11.9. The summed E-state index contributed by atoms with van der Waals surface area (Å²) >= 11 is 11.8. The molecule has 0 aromatic carbocycles. The van der Waals surface area contributed by atoms with Gasteiger partial charge in [-0.2, -0.15) is 13.2 Å². The highest BCUT2D eigenvalue weighted by molar-refractivity contribution is 6.21. The van der Waals surface area contributed by atoms with Crippen LogP contribution in [0.4, 0.5) is 13.2 Å². The van der Waals surface area contributed by atoms with Crippen LogP contribution in [0.25, 0.3) is 0 Å². The molecule has 0 atom stereocenters. The molecule has 0 aliphatic heterocycles. The fourth-order valence-electron chi connectivity index (χ4n) is 1.72. The van der Waals surface area contributed by atoms with E-state index in [2.05, 4.69) is 4.74 Å². The predicted octanol–water partition coefficient (Wildman–Crippen LogP) is 4.47. The quantitative estimate of drug-likeness (QED) is 0.474. The first-order valence-electron chi connectivity index (χ1n) is 5.51. The lowest BCUT2D eigenvalue weighted by molar-refractivity contribution is -0.175. The van der Waals surface area contributed by atoms with Crippen molar-refractivity contribution >= 4 is 23.2 Å². The van der Waals surface area contributed by atoms with E-state index in [0.29, 0.717) is 24.1 Å². The van der Waals surface area contributed by atoms with Crippen LogP contribution in [0, 0.1) is 11.3 Å². The van der Waals surface area contributed by atoms with Gasteiger partial charge in [0.25, 0.3) is 0 Å². The van der Waals surface area contributed by atoms with E-state index in [1.807, 2.05) is 13.8 Å². The summed E-state index contributed by atoms with van der Waals surface area (Å²) in [5.41, 5.74) is -0.330. The van der Waals surface area contributed by atoms with Gasteiger partial charge in [0, 0.05) is 18.4 Å². The fraction of sp³-hybridized carbons (Fsp3) is 1.00. The second kappa shape index (κ2) is 7.70. The standard InChI is InChI=1S/C11H19Cl2F3O/c1-9(2)5-10(6-12,7-13)3-4-17-8-11(14,15)16/h9H,3-8H2,1-2H3. The van der Waals surface area contributed by atoms with Gasteiger partial charge in [0.05, 0.1) is 0 Å². The molecule has 0 N–H and O–H groups in total. The van der Waals surface area contributed by atoms with Crippen LogP contribution in [0.2, 0.25) is 0 Å². The van der Waals surface area contributed by atoms with Crippen molar-refractivity contribution in [3.8, 4) is 0 Å². The first-order chi connectivity index (χ1) is 7.74. The van der Waals surface area contributed by atoms with Crippen molar-refractivity contribution in [3.05, 3.63) is 0 Å². The average molecular weight is 295 g/mol. The van der Waals surface area contributed by atoms with Crippen molar-refractivity contribution in [1.29, 1.82) is 0 Å². The minimum absolute atomic E-state index is 0.0334. The molecular formula is C11H19Cl2F3O. The largest absolute Gasteiger partial charge is 0.411 e. The van der Waals surface area contributed by atoms with Crippen molar-refractivity contribution in [1.82, 2.24) is 0 Å². The molecule has 104 valence electrons. The summed E-state index contributed by atoms with van der Waals surface area (Å²) in [6.07, 6.45) is -3.04. The Labute approximate surface area is 111 Å². The fourth-order valence-corrected chi connectivity index (χ4v) is 2.49. The SMILES string of the molecule is CC(C)CC(CCl)(CCl)CCOCC(F)(F)F. The molecule has 0 fully saturated rings. The molecule has 1 nitrogen and oxygen atoms in total. The maximum atomic E-state index is 11.9. The number of halogens is 5. The van der Waals surface area contributed by atoms with Crippen LogP contribution in [0.1, 0.15) is 26.7 Å². The Morgan fingerprint density at radius 1 is 1.12 bits per heavy atom. The molecule has 0 rings (SSSR count). The van der Waals surface area contributed by atoms with Gasteiger partial charge in [-0.1, -0.05) is 13.8 Å². The van der Waals surface area contributed by atoms with Crippen molar-refractivity contribution < 1.29 is 17.9 Å². The highest BCUT2D eigenvalue weighted by atomic mass is 35.5. The first-order valence-corrected chi connectivity index (χ1v) is 6.58. The van der Waals surface area contributed by atoms with E-state index in [1.54, 1.807) is 0 Å². The second-order valence-corrected chi connectivity index (χ2v) is 5.32. The molecule has 0 aliphatic rings. The monoisotopic (exact) mass is 294 g/mol. The third kappa shape index (κ3) is 8.11. The third-order valence-corrected chi connectivity index (χ3v) is 3.58. The normalized spacial score (nSPS) is 13.4. The summed E-state index contributed by atoms with van der Waals surface area (Å²) < 4.78 is 40.2. The van der Waals surface area contributed by atoms with Gasteiger partial charge < -0.3 is 4.74 Å². The minimum Gasteiger partial charge on any atom is -0.372 e. The molecule has 0 heterocycles. The van der Waals surface area contributed by atoms with Crippen LogP contribution in [0.3, 0.4) is 0 Å². The Hall–Kier alpha value is 0.330. The van der Waals surface area contributed by atoms with Crippen LogP contribution in [-0.4, -0.2) is 31.2 Å². The van der Waals surface area contributed by atoms with Gasteiger partial charge in [0.1, 0.15) is 6.61 Å². The number of alkyl halides is 5. The Balaban J connectivity index is 4.09. The maximum Gasteiger partial charge on any atom is 0.411 e. The van der Waals surface area contributed by atoms with Crippen LogP contribution >= 0.6 is 23.2 Å². The van der Waals surface area contributed by atoms with Crippen molar-refractivity contribution in [3.63, 3.8) is 0 Å². The number of rotatable bonds is 8. The van der Waals surface area contributed by atoms with Gasteiger partial charge in [-0.25, -0.2) is 0 Å². The Morgan fingerprint density at radius 3 is 2.00 bits per heavy atom. The predicted molar refractivity (Wildman–Crippen MR) is 64.8 cm³/mol. The number of hydrogen-bond donors (Lipinski definition) is 0. The lowest BCUT2D eigenvalue weighted by Crippen LogP contribution is -2.30.